The molecular formula is C31H39N7O4. The first-order valence-electron chi connectivity index (χ1n) is 14.1. The minimum Gasteiger partial charge on any atom is -0.306 e. The van der Waals surface area contributed by atoms with Crippen LogP contribution < -0.4 is 15.6 Å². The van der Waals surface area contributed by atoms with E-state index in [0.29, 0.717) is 41.1 Å². The van der Waals surface area contributed by atoms with Crippen molar-refractivity contribution in [2.24, 2.45) is 22.4 Å². The van der Waals surface area contributed by atoms with Gasteiger partial charge in [-0.3, -0.25) is 14.9 Å². The van der Waals surface area contributed by atoms with E-state index >= 15 is 0 Å². The Morgan fingerprint density at radius 3 is 2.29 bits per heavy atom. The van der Waals surface area contributed by atoms with Crippen molar-refractivity contribution in [2.75, 3.05) is 16.8 Å². The van der Waals surface area contributed by atoms with Crippen LogP contribution in [0.4, 0.5) is 21.0 Å². The van der Waals surface area contributed by atoms with Crippen LogP contribution in [-0.4, -0.2) is 57.1 Å². The van der Waals surface area contributed by atoms with E-state index in [1.54, 1.807) is 74.5 Å². The fraction of sp³-hybridized carbons (Fsp3) is 0.452. The summed E-state index contributed by atoms with van der Waals surface area (Å²) in [6.45, 7) is 9.22. The number of amides is 5. The largest absolute Gasteiger partial charge is 0.347 e. The molecule has 0 bridgehead atoms. The van der Waals surface area contributed by atoms with Crippen LogP contribution in [0.15, 0.2) is 65.8 Å². The Balaban J connectivity index is 1.48. The zero-order valence-electron chi connectivity index (χ0n) is 24.7. The summed E-state index contributed by atoms with van der Waals surface area (Å²) in [4.78, 5) is 42.6. The van der Waals surface area contributed by atoms with Crippen LogP contribution in [0.1, 0.15) is 53.9 Å². The molecule has 11 heteroatoms. The normalized spacial score (nSPS) is 22.6. The Hall–Kier alpha value is -4.43. The van der Waals surface area contributed by atoms with Gasteiger partial charge in [-0.25, -0.2) is 15.0 Å². The van der Waals surface area contributed by atoms with Gasteiger partial charge in [-0.05, 0) is 75.1 Å². The second-order valence-corrected chi connectivity index (χ2v) is 12.1. The first kappa shape index (κ1) is 30.5. The molecular weight excluding hydrogens is 534 g/mol. The van der Waals surface area contributed by atoms with Gasteiger partial charge in [0.05, 0.1) is 11.6 Å². The lowest BCUT2D eigenvalue weighted by atomic mass is 9.53. The molecule has 2 aromatic carbocycles. The van der Waals surface area contributed by atoms with Crippen molar-refractivity contribution in [2.45, 2.75) is 65.6 Å². The summed E-state index contributed by atoms with van der Waals surface area (Å²) in [6, 6.07) is 18.2. The number of nitrogens with one attached hydrogen (secondary N) is 2. The van der Waals surface area contributed by atoms with Gasteiger partial charge in [-0.2, -0.15) is 15.4 Å². The fourth-order valence-electron chi connectivity index (χ4n) is 5.94. The molecule has 2 aromatic rings. The number of hydrazone groups is 1. The highest BCUT2D eigenvalue weighted by atomic mass is 16.5. The maximum Gasteiger partial charge on any atom is 0.347 e. The van der Waals surface area contributed by atoms with Crippen LogP contribution in [0.3, 0.4) is 0 Å². The minimum atomic E-state index is -1.18. The minimum absolute atomic E-state index is 0.0292. The SMILES string of the molecule is C/C(C[C@@H]1C[C@H](CC#N)C1(C)C)=N\NC(=O)CN1C(=O)N(c2ccccc2)[C@H](N(O)C(=O)Nc2ccccc2)C1(C)C. The zero-order valence-corrected chi connectivity index (χ0v) is 24.7. The number of hydrogen-bond acceptors (Lipinski definition) is 6. The standard InChI is InChI=1S/C31H39N7O4/c1-21(18-23-19-22(16-17-32)30(23,2)3)34-35-26(39)20-36-29(41)37(25-14-10-7-11-15-25)27(31(36,4)5)38(42)28(40)33-24-12-8-6-9-13-24/h6-15,22-23,27,42H,16,18-20H2,1-5H3,(H,33,40)(H,35,39)/b34-21+/t22-,23+,27+/m0/s1. The summed E-state index contributed by atoms with van der Waals surface area (Å²) in [5, 5.41) is 27.6. The number of rotatable bonds is 9. The van der Waals surface area contributed by atoms with Crippen molar-refractivity contribution in [1.29, 1.82) is 5.26 Å². The molecule has 0 radical (unpaired) electrons. The first-order valence-corrected chi connectivity index (χ1v) is 14.1. The predicted molar refractivity (Wildman–Crippen MR) is 159 cm³/mol. The monoisotopic (exact) mass is 573 g/mol. The van der Waals surface area contributed by atoms with Gasteiger partial charge in [0.1, 0.15) is 6.54 Å². The van der Waals surface area contributed by atoms with E-state index < -0.39 is 29.7 Å². The number of carbonyl (C=O) groups is 3. The van der Waals surface area contributed by atoms with E-state index in [1.807, 2.05) is 6.92 Å². The maximum atomic E-state index is 13.8. The molecule has 1 aliphatic heterocycles. The average molecular weight is 574 g/mol. The van der Waals surface area contributed by atoms with Crippen LogP contribution >= 0.6 is 0 Å². The van der Waals surface area contributed by atoms with Gasteiger partial charge in [-0.1, -0.05) is 50.2 Å². The molecule has 4 rings (SSSR count). The smallest absolute Gasteiger partial charge is 0.306 e. The molecule has 11 nitrogen and oxygen atoms in total. The molecule has 3 N–H and O–H groups in total. The molecule has 0 spiro atoms. The second kappa shape index (κ2) is 12.2. The maximum absolute atomic E-state index is 13.8. The third kappa shape index (κ3) is 6.09. The summed E-state index contributed by atoms with van der Waals surface area (Å²) in [5.41, 5.74) is 3.11. The number of hydroxylamine groups is 2. The van der Waals surface area contributed by atoms with Gasteiger partial charge >= 0.3 is 12.1 Å². The number of urea groups is 2. The van der Waals surface area contributed by atoms with Crippen LogP contribution in [0.25, 0.3) is 0 Å². The lowest BCUT2D eigenvalue weighted by Crippen LogP contribution is -2.58. The Morgan fingerprint density at radius 2 is 1.69 bits per heavy atom. The summed E-state index contributed by atoms with van der Waals surface area (Å²) >= 11 is 0. The van der Waals surface area contributed by atoms with E-state index in [0.717, 1.165) is 12.1 Å². The average Bonchev–Trinajstić information content (AvgIpc) is 3.16. The van der Waals surface area contributed by atoms with Crippen molar-refractivity contribution in [3.8, 4) is 6.07 Å². The van der Waals surface area contributed by atoms with E-state index in [4.69, 9.17) is 5.26 Å². The van der Waals surface area contributed by atoms with Crippen molar-refractivity contribution in [3.63, 3.8) is 0 Å². The third-order valence-corrected chi connectivity index (χ3v) is 8.73. The van der Waals surface area contributed by atoms with Crippen molar-refractivity contribution in [3.05, 3.63) is 60.7 Å². The van der Waals surface area contributed by atoms with E-state index in [2.05, 4.69) is 35.8 Å². The quantitative estimate of drug-likeness (QED) is 0.209. The second-order valence-electron chi connectivity index (χ2n) is 12.1. The van der Waals surface area contributed by atoms with Crippen LogP contribution in [0, 0.1) is 28.6 Å². The molecule has 222 valence electrons. The summed E-state index contributed by atoms with van der Waals surface area (Å²) in [6.07, 6.45) is 1.03. The van der Waals surface area contributed by atoms with Crippen molar-refractivity contribution < 1.29 is 19.6 Å². The molecule has 3 atom stereocenters. The number of nitrogens with zero attached hydrogens (tertiary/aromatic N) is 5. The molecule has 5 amide bonds. The Labute approximate surface area is 246 Å². The molecule has 1 heterocycles. The summed E-state index contributed by atoms with van der Waals surface area (Å²) in [7, 11) is 0. The van der Waals surface area contributed by atoms with Crippen LogP contribution in [0.5, 0.6) is 0 Å². The van der Waals surface area contributed by atoms with Crippen molar-refractivity contribution in [1.82, 2.24) is 15.4 Å². The number of nitriles is 1. The van der Waals surface area contributed by atoms with Gasteiger partial charge < -0.3 is 10.2 Å². The number of benzene rings is 2. The van der Waals surface area contributed by atoms with Gasteiger partial charge in [0.15, 0.2) is 6.17 Å². The lowest BCUT2D eigenvalue weighted by molar-refractivity contribution is -0.124. The number of hydrogen-bond donors (Lipinski definition) is 3. The molecule has 42 heavy (non-hydrogen) atoms. The third-order valence-electron chi connectivity index (χ3n) is 8.73. The Bertz CT molecular complexity index is 1370. The summed E-state index contributed by atoms with van der Waals surface area (Å²) in [5.74, 6) is 0.228. The summed E-state index contributed by atoms with van der Waals surface area (Å²) < 4.78 is 0. The van der Waals surface area contributed by atoms with Crippen LogP contribution in [0.2, 0.25) is 0 Å². The highest BCUT2D eigenvalue weighted by Crippen LogP contribution is 2.54. The molecule has 2 fully saturated rings. The van der Waals surface area contributed by atoms with Gasteiger partial charge in [0, 0.05) is 23.5 Å². The van der Waals surface area contributed by atoms with Crippen molar-refractivity contribution >= 4 is 35.1 Å². The van der Waals surface area contributed by atoms with Gasteiger partial charge in [0.2, 0.25) is 0 Å². The van der Waals surface area contributed by atoms with Gasteiger partial charge in [-0.15, -0.1) is 0 Å². The molecule has 0 aromatic heterocycles. The molecule has 1 aliphatic carbocycles. The van der Waals surface area contributed by atoms with E-state index in [1.165, 1.54) is 9.80 Å². The molecule has 1 saturated heterocycles. The van der Waals surface area contributed by atoms with Gasteiger partial charge in [0.25, 0.3) is 5.91 Å². The highest BCUT2D eigenvalue weighted by molar-refractivity contribution is 6.00. The fourth-order valence-corrected chi connectivity index (χ4v) is 5.94. The highest BCUT2D eigenvalue weighted by Gasteiger charge is 2.56. The lowest BCUT2D eigenvalue weighted by Gasteiger charge is -2.52. The first-order chi connectivity index (χ1) is 19.9. The van der Waals surface area contributed by atoms with E-state index in [9.17, 15) is 19.6 Å². The molecule has 2 aliphatic rings. The molecule has 1 saturated carbocycles. The van der Waals surface area contributed by atoms with E-state index in [-0.39, 0.29) is 12.0 Å². The predicted octanol–water partition coefficient (Wildman–Crippen LogP) is 5.41. The number of para-hydroxylation sites is 2. The van der Waals surface area contributed by atoms with Crippen LogP contribution in [-0.2, 0) is 4.79 Å². The topological polar surface area (TPSA) is 141 Å². The Kier molecular flexibility index (Phi) is 8.87. The number of anilines is 2. The molecule has 0 unspecified atom stereocenters. The number of carbonyl (C=O) groups excluding carboxylic acids is 3. The Morgan fingerprint density at radius 1 is 1.07 bits per heavy atom. The zero-order chi connectivity index (χ0) is 30.7.